The van der Waals surface area contributed by atoms with Crippen LogP contribution in [-0.2, 0) is 0 Å². The van der Waals surface area contributed by atoms with Gasteiger partial charge in [0.25, 0.3) is 0 Å². The highest BCUT2D eigenvalue weighted by Crippen LogP contribution is 2.62. The zero-order valence-corrected chi connectivity index (χ0v) is 14.4. The highest BCUT2D eigenvalue weighted by Gasteiger charge is 2.53. The first kappa shape index (κ1) is 14.3. The number of allylic oxidation sites excluding steroid dienone is 2. The van der Waals surface area contributed by atoms with Crippen molar-refractivity contribution in [1.82, 2.24) is 0 Å². The van der Waals surface area contributed by atoms with Gasteiger partial charge in [0.15, 0.2) is 0 Å². The molecule has 4 aliphatic carbocycles. The molecule has 0 spiro atoms. The Bertz CT molecular complexity index is 422. The van der Waals surface area contributed by atoms with E-state index >= 15 is 0 Å². The second-order valence-corrected chi connectivity index (χ2v) is 9.41. The van der Waals surface area contributed by atoms with Crippen LogP contribution in [0.25, 0.3) is 0 Å². The summed E-state index contributed by atoms with van der Waals surface area (Å²) in [5, 5.41) is 0. The molecule has 3 saturated carbocycles. The van der Waals surface area contributed by atoms with Crippen molar-refractivity contribution in [3.8, 4) is 0 Å². The van der Waals surface area contributed by atoms with Crippen molar-refractivity contribution in [2.75, 3.05) is 0 Å². The molecule has 0 aromatic heterocycles. The first-order valence-corrected chi connectivity index (χ1v) is 9.77. The van der Waals surface area contributed by atoms with Gasteiger partial charge in [-0.25, -0.2) is 0 Å². The lowest BCUT2D eigenvalue weighted by Crippen LogP contribution is -2.47. The van der Waals surface area contributed by atoms with Crippen molar-refractivity contribution in [3.63, 3.8) is 0 Å². The highest BCUT2D eigenvalue weighted by molar-refractivity contribution is 5.08. The minimum Gasteiger partial charge on any atom is -0.0854 e. The van der Waals surface area contributed by atoms with Crippen LogP contribution in [0.2, 0.25) is 0 Å². The molecule has 0 amide bonds. The molecule has 4 rings (SSSR count). The van der Waals surface area contributed by atoms with Crippen LogP contribution < -0.4 is 0 Å². The fourth-order valence-corrected chi connectivity index (χ4v) is 7.08. The number of rotatable bonds is 0. The molecule has 8 atom stereocenters. The van der Waals surface area contributed by atoms with Gasteiger partial charge >= 0.3 is 0 Å². The van der Waals surface area contributed by atoms with Gasteiger partial charge in [0, 0.05) is 0 Å². The zero-order chi connectivity index (χ0) is 14.6. The molecule has 0 radical (unpaired) electrons. The Kier molecular flexibility index (Phi) is 3.51. The number of hydrogen-bond acceptors (Lipinski definition) is 0. The van der Waals surface area contributed by atoms with Crippen molar-refractivity contribution in [2.24, 2.45) is 46.8 Å². The summed E-state index contributed by atoms with van der Waals surface area (Å²) < 4.78 is 0. The fraction of sp³-hybridized carbons (Fsp3) is 0.905. The monoisotopic (exact) mass is 286 g/mol. The predicted octanol–water partition coefficient (Wildman–Crippen LogP) is 6.08. The Morgan fingerprint density at radius 2 is 1.71 bits per heavy atom. The number of fused-ring (bicyclic) bond motifs is 5. The van der Waals surface area contributed by atoms with Gasteiger partial charge < -0.3 is 0 Å². The van der Waals surface area contributed by atoms with E-state index in [2.05, 4.69) is 32.9 Å². The standard InChI is InChI=1S/C21H34/c1-14-6-8-16-15(2)13-19-18(17(16)9-7-14)10-12-21(3)11-4-5-20(19)21/h6,8,14-20H,4-5,7,9-13H2,1-3H3/t14?,15-,16?,17?,18?,19?,20+,21+/m1/s1. The molecule has 0 aromatic carbocycles. The molecule has 118 valence electrons. The average molecular weight is 287 g/mol. The van der Waals surface area contributed by atoms with Crippen LogP contribution in [0.1, 0.15) is 72.1 Å². The first-order chi connectivity index (χ1) is 10.1. The molecule has 0 bridgehead atoms. The summed E-state index contributed by atoms with van der Waals surface area (Å²) in [5.41, 5.74) is 0.724. The summed E-state index contributed by atoms with van der Waals surface area (Å²) in [6, 6.07) is 0. The molecule has 0 nitrogen and oxygen atoms in total. The Labute approximate surface area is 131 Å². The van der Waals surface area contributed by atoms with Crippen molar-refractivity contribution in [3.05, 3.63) is 12.2 Å². The van der Waals surface area contributed by atoms with E-state index in [9.17, 15) is 0 Å². The van der Waals surface area contributed by atoms with E-state index in [1.807, 2.05) is 0 Å². The molecule has 0 saturated heterocycles. The Hall–Kier alpha value is -0.260. The summed E-state index contributed by atoms with van der Waals surface area (Å²) in [6.07, 6.45) is 17.4. The molecule has 0 N–H and O–H groups in total. The smallest absolute Gasteiger partial charge is 0.0176 e. The largest absolute Gasteiger partial charge is 0.0854 e. The molecule has 0 aliphatic heterocycles. The van der Waals surface area contributed by atoms with Crippen LogP contribution in [0.5, 0.6) is 0 Å². The molecule has 4 aliphatic rings. The van der Waals surface area contributed by atoms with Gasteiger partial charge in [0.05, 0.1) is 0 Å². The van der Waals surface area contributed by atoms with Gasteiger partial charge in [-0.3, -0.25) is 0 Å². The summed E-state index contributed by atoms with van der Waals surface area (Å²) in [7, 11) is 0. The quantitative estimate of drug-likeness (QED) is 0.474. The minimum atomic E-state index is 0.724. The predicted molar refractivity (Wildman–Crippen MR) is 90.0 cm³/mol. The maximum atomic E-state index is 2.64. The first-order valence-electron chi connectivity index (χ1n) is 9.77. The molecule has 0 heterocycles. The maximum absolute atomic E-state index is 2.64. The van der Waals surface area contributed by atoms with Crippen LogP contribution in [-0.4, -0.2) is 0 Å². The SMILES string of the molecule is CC1C=CC2C(CC1)C1CC[C@]3(C)CCC[C@H]3C1C[C@H]2C. The molecule has 0 aromatic rings. The van der Waals surface area contributed by atoms with Gasteiger partial charge in [-0.2, -0.15) is 0 Å². The lowest BCUT2D eigenvalue weighted by molar-refractivity contribution is -0.0500. The van der Waals surface area contributed by atoms with Crippen LogP contribution >= 0.6 is 0 Å². The van der Waals surface area contributed by atoms with Crippen molar-refractivity contribution in [2.45, 2.75) is 72.1 Å². The second kappa shape index (κ2) is 5.14. The minimum absolute atomic E-state index is 0.724. The van der Waals surface area contributed by atoms with Crippen LogP contribution in [0.4, 0.5) is 0 Å². The lowest BCUT2D eigenvalue weighted by atomic mass is 9.50. The normalized spacial score (nSPS) is 56.2. The van der Waals surface area contributed by atoms with E-state index in [1.54, 1.807) is 12.8 Å². The zero-order valence-electron chi connectivity index (χ0n) is 14.4. The van der Waals surface area contributed by atoms with Crippen LogP contribution in [0, 0.1) is 46.8 Å². The second-order valence-electron chi connectivity index (χ2n) is 9.41. The van der Waals surface area contributed by atoms with E-state index in [0.29, 0.717) is 0 Å². The summed E-state index contributed by atoms with van der Waals surface area (Å²) in [4.78, 5) is 0. The summed E-state index contributed by atoms with van der Waals surface area (Å²) >= 11 is 0. The Morgan fingerprint density at radius 3 is 2.57 bits per heavy atom. The third-order valence-electron chi connectivity index (χ3n) is 8.24. The summed E-state index contributed by atoms with van der Waals surface area (Å²) in [6.45, 7) is 7.62. The highest BCUT2D eigenvalue weighted by atomic mass is 14.6. The lowest BCUT2D eigenvalue weighted by Gasteiger charge is -2.55. The van der Waals surface area contributed by atoms with Gasteiger partial charge in [-0.1, -0.05) is 39.3 Å². The third-order valence-corrected chi connectivity index (χ3v) is 8.24. The Morgan fingerprint density at radius 1 is 0.857 bits per heavy atom. The van der Waals surface area contributed by atoms with E-state index in [1.165, 1.54) is 38.5 Å². The van der Waals surface area contributed by atoms with E-state index in [4.69, 9.17) is 0 Å². The molecule has 0 heteroatoms. The van der Waals surface area contributed by atoms with Gasteiger partial charge in [-0.05, 0) is 91.8 Å². The molecular formula is C21H34. The Balaban J connectivity index is 1.63. The molecule has 5 unspecified atom stereocenters. The van der Waals surface area contributed by atoms with Gasteiger partial charge in [0.2, 0.25) is 0 Å². The average Bonchev–Trinajstić information content (AvgIpc) is 2.74. The number of hydrogen-bond donors (Lipinski definition) is 0. The topological polar surface area (TPSA) is 0 Å². The van der Waals surface area contributed by atoms with Crippen molar-refractivity contribution in [1.29, 1.82) is 0 Å². The van der Waals surface area contributed by atoms with Crippen molar-refractivity contribution >= 4 is 0 Å². The maximum Gasteiger partial charge on any atom is -0.0176 e. The van der Waals surface area contributed by atoms with Crippen LogP contribution in [0.3, 0.4) is 0 Å². The van der Waals surface area contributed by atoms with E-state index < -0.39 is 0 Å². The van der Waals surface area contributed by atoms with Gasteiger partial charge in [0.1, 0.15) is 0 Å². The third kappa shape index (κ3) is 2.23. The van der Waals surface area contributed by atoms with Crippen molar-refractivity contribution < 1.29 is 0 Å². The van der Waals surface area contributed by atoms with Crippen LogP contribution in [0.15, 0.2) is 12.2 Å². The molecule has 21 heavy (non-hydrogen) atoms. The summed E-state index contributed by atoms with van der Waals surface area (Å²) in [5.74, 6) is 6.89. The molecular weight excluding hydrogens is 252 g/mol. The van der Waals surface area contributed by atoms with Gasteiger partial charge in [-0.15, -0.1) is 0 Å². The van der Waals surface area contributed by atoms with E-state index in [-0.39, 0.29) is 0 Å². The fourth-order valence-electron chi connectivity index (χ4n) is 7.08. The molecule has 3 fully saturated rings. The van der Waals surface area contributed by atoms with E-state index in [0.717, 1.165) is 46.8 Å².